The van der Waals surface area contributed by atoms with E-state index in [9.17, 15) is 14.5 Å². The normalized spacial score (nSPS) is 9.50. The number of rotatable bonds is 5. The highest BCUT2D eigenvalue weighted by Crippen LogP contribution is 2.24. The average molecular weight is 223 g/mol. The molecule has 6 heteroatoms. The molecule has 1 rings (SSSR count). The zero-order valence-corrected chi connectivity index (χ0v) is 8.44. The van der Waals surface area contributed by atoms with Crippen molar-refractivity contribution < 1.29 is 9.31 Å². The second-order valence-electron chi connectivity index (χ2n) is 3.11. The maximum absolute atomic E-state index is 12.8. The number of halogens is 1. The van der Waals surface area contributed by atoms with Crippen LogP contribution in [0.15, 0.2) is 18.2 Å². The lowest BCUT2D eigenvalue weighted by Gasteiger charge is -2.05. The zero-order chi connectivity index (χ0) is 12.0. The van der Waals surface area contributed by atoms with Crippen LogP contribution in [0.1, 0.15) is 12.8 Å². The highest BCUT2D eigenvalue weighted by Gasteiger charge is 2.13. The van der Waals surface area contributed by atoms with Crippen molar-refractivity contribution in [1.82, 2.24) is 0 Å². The zero-order valence-electron chi connectivity index (χ0n) is 8.44. The first-order chi connectivity index (χ1) is 7.65. The van der Waals surface area contributed by atoms with Crippen molar-refractivity contribution >= 4 is 11.4 Å². The summed E-state index contributed by atoms with van der Waals surface area (Å²) in [7, 11) is 0. The molecular weight excluding hydrogens is 213 g/mol. The monoisotopic (exact) mass is 223 g/mol. The number of anilines is 1. The lowest BCUT2D eigenvalue weighted by atomic mass is 10.2. The van der Waals surface area contributed by atoms with Crippen LogP contribution in [0.4, 0.5) is 15.8 Å². The Labute approximate surface area is 91.7 Å². The van der Waals surface area contributed by atoms with E-state index in [1.807, 2.05) is 6.07 Å². The summed E-state index contributed by atoms with van der Waals surface area (Å²) < 4.78 is 12.8. The Morgan fingerprint density at radius 2 is 2.31 bits per heavy atom. The van der Waals surface area contributed by atoms with Crippen LogP contribution >= 0.6 is 0 Å². The van der Waals surface area contributed by atoms with Gasteiger partial charge in [0, 0.05) is 13.0 Å². The molecule has 0 saturated heterocycles. The molecule has 0 heterocycles. The van der Waals surface area contributed by atoms with Gasteiger partial charge in [-0.3, -0.25) is 10.1 Å². The van der Waals surface area contributed by atoms with Crippen molar-refractivity contribution in [2.45, 2.75) is 12.8 Å². The molecule has 0 unspecified atom stereocenters. The van der Waals surface area contributed by atoms with Crippen LogP contribution in [0.3, 0.4) is 0 Å². The van der Waals surface area contributed by atoms with E-state index >= 15 is 0 Å². The van der Waals surface area contributed by atoms with Crippen LogP contribution < -0.4 is 5.32 Å². The van der Waals surface area contributed by atoms with Gasteiger partial charge in [0.1, 0.15) is 11.5 Å². The van der Waals surface area contributed by atoms with Crippen LogP contribution in [0, 0.1) is 27.3 Å². The fourth-order valence-corrected chi connectivity index (χ4v) is 1.20. The molecule has 0 radical (unpaired) electrons. The molecule has 0 fully saturated rings. The van der Waals surface area contributed by atoms with Gasteiger partial charge in [-0.05, 0) is 18.6 Å². The topological polar surface area (TPSA) is 79.0 Å². The van der Waals surface area contributed by atoms with Gasteiger partial charge in [0.25, 0.3) is 5.69 Å². The Bertz CT molecular complexity index is 429. The van der Waals surface area contributed by atoms with E-state index in [1.54, 1.807) is 0 Å². The predicted octanol–water partition coefficient (Wildman–Crippen LogP) is 2.45. The summed E-state index contributed by atoms with van der Waals surface area (Å²) in [6.45, 7) is 0.444. The Balaban J connectivity index is 2.72. The van der Waals surface area contributed by atoms with E-state index in [0.29, 0.717) is 19.4 Å². The summed E-state index contributed by atoms with van der Waals surface area (Å²) in [4.78, 5) is 9.97. The van der Waals surface area contributed by atoms with Gasteiger partial charge < -0.3 is 5.32 Å². The first-order valence-electron chi connectivity index (χ1n) is 4.70. The Morgan fingerprint density at radius 1 is 1.56 bits per heavy atom. The number of hydrogen-bond donors (Lipinski definition) is 1. The third kappa shape index (κ3) is 3.20. The van der Waals surface area contributed by atoms with Crippen LogP contribution in [0.2, 0.25) is 0 Å². The molecule has 1 N–H and O–H groups in total. The number of unbranched alkanes of at least 4 members (excludes halogenated alkanes) is 1. The summed E-state index contributed by atoms with van der Waals surface area (Å²) in [6.07, 6.45) is 0.965. The quantitative estimate of drug-likeness (QED) is 0.472. The molecule has 0 aliphatic rings. The number of nitriles is 1. The highest BCUT2D eigenvalue weighted by atomic mass is 19.1. The molecule has 0 bridgehead atoms. The Kier molecular flexibility index (Phi) is 4.21. The summed E-state index contributed by atoms with van der Waals surface area (Å²) >= 11 is 0. The van der Waals surface area contributed by atoms with Gasteiger partial charge in [0.05, 0.1) is 17.1 Å². The number of nitrogens with zero attached hydrogens (tertiary/aromatic N) is 2. The molecule has 84 valence electrons. The molecule has 0 aromatic heterocycles. The summed E-state index contributed by atoms with van der Waals surface area (Å²) in [6, 6.07) is 5.31. The van der Waals surface area contributed by atoms with Crippen molar-refractivity contribution in [3.8, 4) is 6.07 Å². The average Bonchev–Trinajstić information content (AvgIpc) is 2.26. The van der Waals surface area contributed by atoms with Gasteiger partial charge in [-0.2, -0.15) is 5.26 Å². The van der Waals surface area contributed by atoms with E-state index in [0.717, 1.165) is 12.1 Å². The molecule has 1 aromatic carbocycles. The van der Waals surface area contributed by atoms with Crippen LogP contribution in [-0.2, 0) is 0 Å². The minimum atomic E-state index is -0.644. The van der Waals surface area contributed by atoms with E-state index in [1.165, 1.54) is 6.07 Å². The van der Waals surface area contributed by atoms with Crippen molar-refractivity contribution in [2.75, 3.05) is 11.9 Å². The van der Waals surface area contributed by atoms with Crippen molar-refractivity contribution in [3.63, 3.8) is 0 Å². The third-order valence-corrected chi connectivity index (χ3v) is 1.94. The Morgan fingerprint density at radius 3 is 2.94 bits per heavy atom. The molecular formula is C10H10FN3O2. The van der Waals surface area contributed by atoms with Gasteiger partial charge in [-0.15, -0.1) is 0 Å². The Hall–Kier alpha value is -2.16. The van der Waals surface area contributed by atoms with Gasteiger partial charge >= 0.3 is 0 Å². The minimum absolute atomic E-state index is 0.268. The first kappa shape index (κ1) is 11.9. The number of nitro benzene ring substituents is 1. The maximum atomic E-state index is 12.8. The van der Waals surface area contributed by atoms with Gasteiger partial charge in [-0.1, -0.05) is 0 Å². The van der Waals surface area contributed by atoms with Crippen LogP contribution in [0.5, 0.6) is 0 Å². The standard InChI is InChI=1S/C10H10FN3O2/c11-8-3-4-9(10(7-8)14(15)16)13-6-2-1-5-12/h3-4,7,13H,1-2,6H2. The molecule has 5 nitrogen and oxygen atoms in total. The van der Waals surface area contributed by atoms with E-state index in [-0.39, 0.29) is 11.4 Å². The summed E-state index contributed by atoms with van der Waals surface area (Å²) in [5, 5.41) is 21.7. The summed E-state index contributed by atoms with van der Waals surface area (Å²) in [5.74, 6) is -0.644. The summed E-state index contributed by atoms with van der Waals surface area (Å²) in [5.41, 5.74) is -0.0266. The fraction of sp³-hybridized carbons (Fsp3) is 0.300. The lowest BCUT2D eigenvalue weighted by Crippen LogP contribution is -2.04. The van der Waals surface area contributed by atoms with Gasteiger partial charge in [0.15, 0.2) is 0 Å². The number of hydrogen-bond acceptors (Lipinski definition) is 4. The molecule has 0 saturated carbocycles. The largest absolute Gasteiger partial charge is 0.379 e. The van der Waals surface area contributed by atoms with E-state index in [4.69, 9.17) is 5.26 Å². The minimum Gasteiger partial charge on any atom is -0.379 e. The predicted molar refractivity (Wildman–Crippen MR) is 56.4 cm³/mol. The highest BCUT2D eigenvalue weighted by molar-refractivity contribution is 5.61. The molecule has 0 aliphatic carbocycles. The molecule has 1 aromatic rings. The number of nitrogens with one attached hydrogen (secondary N) is 1. The fourth-order valence-electron chi connectivity index (χ4n) is 1.20. The SMILES string of the molecule is N#CCCCNc1ccc(F)cc1[N+](=O)[O-]. The van der Waals surface area contributed by atoms with Crippen molar-refractivity contribution in [1.29, 1.82) is 5.26 Å². The van der Waals surface area contributed by atoms with Gasteiger partial charge in [-0.25, -0.2) is 4.39 Å². The van der Waals surface area contributed by atoms with Crippen molar-refractivity contribution in [3.05, 3.63) is 34.1 Å². The van der Waals surface area contributed by atoms with Crippen molar-refractivity contribution in [2.24, 2.45) is 0 Å². The molecule has 0 spiro atoms. The lowest BCUT2D eigenvalue weighted by molar-refractivity contribution is -0.384. The van der Waals surface area contributed by atoms with Crippen LogP contribution in [0.25, 0.3) is 0 Å². The molecule has 16 heavy (non-hydrogen) atoms. The second-order valence-corrected chi connectivity index (χ2v) is 3.11. The molecule has 0 atom stereocenters. The first-order valence-corrected chi connectivity index (χ1v) is 4.70. The third-order valence-electron chi connectivity index (χ3n) is 1.94. The van der Waals surface area contributed by atoms with Gasteiger partial charge in [0.2, 0.25) is 0 Å². The van der Waals surface area contributed by atoms with E-state index < -0.39 is 10.7 Å². The second kappa shape index (κ2) is 5.66. The number of benzene rings is 1. The maximum Gasteiger partial charge on any atom is 0.295 e. The van der Waals surface area contributed by atoms with Crippen LogP contribution in [-0.4, -0.2) is 11.5 Å². The molecule has 0 amide bonds. The van der Waals surface area contributed by atoms with E-state index in [2.05, 4.69) is 5.32 Å². The smallest absolute Gasteiger partial charge is 0.295 e. The number of nitro groups is 1. The molecule has 0 aliphatic heterocycles.